The molecule has 1 aliphatic rings. The van der Waals surface area contributed by atoms with Crippen LogP contribution in [-0.2, 0) is 6.42 Å². The first-order valence-electron chi connectivity index (χ1n) is 9.57. The van der Waals surface area contributed by atoms with E-state index in [0.717, 1.165) is 32.4 Å². The maximum absolute atomic E-state index is 12.7. The average molecular weight is 400 g/mol. The molecule has 0 unspecified atom stereocenters. The van der Waals surface area contributed by atoms with Crippen molar-refractivity contribution >= 4 is 29.1 Å². The van der Waals surface area contributed by atoms with Crippen LogP contribution in [0.1, 0.15) is 34.9 Å². The van der Waals surface area contributed by atoms with Crippen LogP contribution < -0.4 is 5.32 Å². The first-order valence-corrected chi connectivity index (χ1v) is 9.57. The van der Waals surface area contributed by atoms with Crippen LogP contribution in [0.2, 0.25) is 0 Å². The van der Waals surface area contributed by atoms with Gasteiger partial charge in [0.05, 0.1) is 12.2 Å². The summed E-state index contributed by atoms with van der Waals surface area (Å²) in [5, 5.41) is 14.1. The van der Waals surface area contributed by atoms with E-state index in [9.17, 15) is 4.79 Å². The van der Waals surface area contributed by atoms with E-state index >= 15 is 0 Å². The van der Waals surface area contributed by atoms with E-state index in [1.54, 1.807) is 11.1 Å². The molecule has 28 heavy (non-hydrogen) atoms. The van der Waals surface area contributed by atoms with Crippen LogP contribution in [0.3, 0.4) is 0 Å². The highest BCUT2D eigenvalue weighted by Gasteiger charge is 2.20. The van der Waals surface area contributed by atoms with E-state index in [4.69, 9.17) is 0 Å². The van der Waals surface area contributed by atoms with Crippen LogP contribution in [-0.4, -0.2) is 52.5 Å². The molecule has 3 aromatic rings. The number of nitrogens with zero attached hydrogens (tertiary/aromatic N) is 4. The Balaban J connectivity index is 0.00000225. The van der Waals surface area contributed by atoms with Gasteiger partial charge < -0.3 is 10.2 Å². The van der Waals surface area contributed by atoms with Gasteiger partial charge in [0.1, 0.15) is 0 Å². The quantitative estimate of drug-likeness (QED) is 0.716. The number of carbonyl (C=O) groups excluding carboxylic acids is 1. The number of aromatic nitrogens is 3. The number of fused-ring (bicyclic) bond motifs is 1. The molecule has 6 nitrogen and oxygen atoms in total. The summed E-state index contributed by atoms with van der Waals surface area (Å²) in [6.45, 7) is 2.62. The number of hydrogen-bond acceptors (Lipinski definition) is 4. The SMILES string of the molecule is CN(CCc1cccc2ccccc12)C(=O)c1cn(C2CCNCC2)nn1.Cl. The molecule has 1 amide bonds. The van der Waals surface area contributed by atoms with Crippen molar-refractivity contribution in [1.82, 2.24) is 25.2 Å². The molecule has 0 radical (unpaired) electrons. The average Bonchev–Trinajstić information content (AvgIpc) is 3.22. The number of benzene rings is 2. The Morgan fingerprint density at radius 1 is 1.18 bits per heavy atom. The molecule has 1 aliphatic heterocycles. The third-order valence-corrected chi connectivity index (χ3v) is 5.36. The zero-order valence-electron chi connectivity index (χ0n) is 16.0. The molecule has 1 aromatic heterocycles. The van der Waals surface area contributed by atoms with Crippen molar-refractivity contribution in [3.8, 4) is 0 Å². The Morgan fingerprint density at radius 2 is 1.93 bits per heavy atom. The topological polar surface area (TPSA) is 63.1 Å². The van der Waals surface area contributed by atoms with Crippen molar-refractivity contribution in [2.24, 2.45) is 0 Å². The number of halogens is 1. The minimum absolute atomic E-state index is 0. The van der Waals surface area contributed by atoms with Gasteiger partial charge in [-0.3, -0.25) is 4.79 Å². The van der Waals surface area contributed by atoms with Crippen LogP contribution >= 0.6 is 12.4 Å². The van der Waals surface area contributed by atoms with Gasteiger partial charge in [0.2, 0.25) is 0 Å². The van der Waals surface area contributed by atoms with Crippen LogP contribution in [0.5, 0.6) is 0 Å². The molecule has 0 bridgehead atoms. The molecule has 0 aliphatic carbocycles. The molecule has 2 heterocycles. The lowest BCUT2D eigenvalue weighted by Crippen LogP contribution is -2.30. The molecule has 0 saturated carbocycles. The van der Waals surface area contributed by atoms with Gasteiger partial charge in [0.25, 0.3) is 5.91 Å². The van der Waals surface area contributed by atoms with E-state index < -0.39 is 0 Å². The smallest absolute Gasteiger partial charge is 0.275 e. The monoisotopic (exact) mass is 399 g/mol. The second-order valence-electron chi connectivity index (χ2n) is 7.18. The molecule has 148 valence electrons. The number of hydrogen-bond donors (Lipinski definition) is 1. The maximum Gasteiger partial charge on any atom is 0.275 e. The van der Waals surface area contributed by atoms with Gasteiger partial charge in [-0.15, -0.1) is 17.5 Å². The first kappa shape index (κ1) is 20.3. The van der Waals surface area contributed by atoms with Crippen molar-refractivity contribution in [3.63, 3.8) is 0 Å². The van der Waals surface area contributed by atoms with Gasteiger partial charge in [-0.1, -0.05) is 47.7 Å². The van der Waals surface area contributed by atoms with Gasteiger partial charge in [0.15, 0.2) is 5.69 Å². The van der Waals surface area contributed by atoms with Gasteiger partial charge in [-0.2, -0.15) is 0 Å². The molecule has 1 fully saturated rings. The van der Waals surface area contributed by atoms with E-state index in [1.807, 2.05) is 17.8 Å². The summed E-state index contributed by atoms with van der Waals surface area (Å²) in [5.74, 6) is -0.0737. The zero-order chi connectivity index (χ0) is 18.6. The molecule has 1 saturated heterocycles. The fraction of sp³-hybridized carbons (Fsp3) is 0.381. The second kappa shape index (κ2) is 9.17. The number of amides is 1. The fourth-order valence-corrected chi connectivity index (χ4v) is 3.72. The lowest BCUT2D eigenvalue weighted by molar-refractivity contribution is 0.0791. The van der Waals surface area contributed by atoms with Crippen molar-refractivity contribution < 1.29 is 4.79 Å². The zero-order valence-corrected chi connectivity index (χ0v) is 16.9. The number of carbonyl (C=O) groups is 1. The Labute approximate surface area is 171 Å². The molecule has 0 spiro atoms. The Morgan fingerprint density at radius 3 is 2.75 bits per heavy atom. The summed E-state index contributed by atoms with van der Waals surface area (Å²) in [7, 11) is 1.83. The molecular formula is C21H26ClN5O. The van der Waals surface area contributed by atoms with Crippen LogP contribution in [0.4, 0.5) is 0 Å². The number of likely N-dealkylation sites (N-methyl/N-ethyl adjacent to an activating group) is 1. The van der Waals surface area contributed by atoms with Crippen molar-refractivity contribution in [2.75, 3.05) is 26.7 Å². The standard InChI is InChI=1S/C21H25N5O.ClH/c1-25(14-11-17-7-4-6-16-5-2-3-8-19(16)17)21(27)20-15-26(24-23-20)18-9-12-22-13-10-18;/h2-8,15,18,22H,9-14H2,1H3;1H. The van der Waals surface area contributed by atoms with Gasteiger partial charge in [-0.25, -0.2) is 4.68 Å². The summed E-state index contributed by atoms with van der Waals surface area (Å²) < 4.78 is 1.85. The predicted octanol–water partition coefficient (Wildman–Crippen LogP) is 3.09. The molecule has 1 N–H and O–H groups in total. The lowest BCUT2D eigenvalue weighted by atomic mass is 10.0. The summed E-state index contributed by atoms with van der Waals surface area (Å²) in [6, 6.07) is 15.0. The number of nitrogens with one attached hydrogen (secondary N) is 1. The normalized spacial score (nSPS) is 14.6. The van der Waals surface area contributed by atoms with E-state index in [0.29, 0.717) is 18.3 Å². The minimum atomic E-state index is -0.0737. The minimum Gasteiger partial charge on any atom is -0.340 e. The van der Waals surface area contributed by atoms with Crippen molar-refractivity contribution in [1.29, 1.82) is 0 Å². The third-order valence-electron chi connectivity index (χ3n) is 5.36. The summed E-state index contributed by atoms with van der Waals surface area (Å²) in [6.07, 6.45) is 4.65. The largest absolute Gasteiger partial charge is 0.340 e. The van der Waals surface area contributed by atoms with Crippen LogP contribution in [0.15, 0.2) is 48.7 Å². The third kappa shape index (κ3) is 4.34. The second-order valence-corrected chi connectivity index (χ2v) is 7.18. The number of piperidine rings is 1. The van der Waals surface area contributed by atoms with Crippen molar-refractivity contribution in [3.05, 3.63) is 59.9 Å². The van der Waals surface area contributed by atoms with E-state index in [1.165, 1.54) is 16.3 Å². The van der Waals surface area contributed by atoms with E-state index in [-0.39, 0.29) is 18.3 Å². The molecular weight excluding hydrogens is 374 g/mol. The molecule has 2 aromatic carbocycles. The predicted molar refractivity (Wildman–Crippen MR) is 113 cm³/mol. The van der Waals surface area contributed by atoms with E-state index in [2.05, 4.69) is 52.0 Å². The van der Waals surface area contributed by atoms with Gasteiger partial charge in [-0.05, 0) is 48.7 Å². The summed E-state index contributed by atoms with van der Waals surface area (Å²) in [5.41, 5.74) is 1.68. The fourth-order valence-electron chi connectivity index (χ4n) is 3.72. The van der Waals surface area contributed by atoms with Crippen molar-refractivity contribution in [2.45, 2.75) is 25.3 Å². The summed E-state index contributed by atoms with van der Waals surface area (Å²) >= 11 is 0. The molecule has 4 rings (SSSR count). The summed E-state index contributed by atoms with van der Waals surface area (Å²) in [4.78, 5) is 14.5. The van der Waals surface area contributed by atoms with Gasteiger partial charge in [0, 0.05) is 13.6 Å². The lowest BCUT2D eigenvalue weighted by Gasteiger charge is -2.22. The molecule has 7 heteroatoms. The highest BCUT2D eigenvalue weighted by Crippen LogP contribution is 2.20. The number of rotatable bonds is 5. The maximum atomic E-state index is 12.7. The van der Waals surface area contributed by atoms with Crippen LogP contribution in [0, 0.1) is 0 Å². The van der Waals surface area contributed by atoms with Crippen LogP contribution in [0.25, 0.3) is 10.8 Å². The Kier molecular flexibility index (Phi) is 6.65. The molecule has 0 atom stereocenters. The van der Waals surface area contributed by atoms with Gasteiger partial charge >= 0.3 is 0 Å². The first-order chi connectivity index (χ1) is 13.2. The highest BCUT2D eigenvalue weighted by atomic mass is 35.5. The Hall–Kier alpha value is -2.44. The highest BCUT2D eigenvalue weighted by molar-refractivity contribution is 5.91. The Bertz CT molecular complexity index is 930.